The minimum atomic E-state index is -0.0318. The largest absolute Gasteiger partial charge is 0.310 e. The van der Waals surface area contributed by atoms with Gasteiger partial charge in [0, 0.05) is 36.5 Å². The number of hydrogen-bond acceptors (Lipinski definition) is 4. The van der Waals surface area contributed by atoms with Gasteiger partial charge in [0.2, 0.25) is 5.91 Å². The summed E-state index contributed by atoms with van der Waals surface area (Å²) < 4.78 is 1.76. The molecular formula is C13H14N4OS. The molecule has 0 spiro atoms. The van der Waals surface area contributed by atoms with Crippen molar-refractivity contribution in [2.45, 2.75) is 17.9 Å². The maximum atomic E-state index is 12.0. The summed E-state index contributed by atoms with van der Waals surface area (Å²) >= 11 is 1.83. The molecule has 1 aliphatic heterocycles. The molecule has 0 atom stereocenters. The van der Waals surface area contributed by atoms with Gasteiger partial charge in [0.15, 0.2) is 0 Å². The molecule has 3 rings (SSSR count). The lowest BCUT2D eigenvalue weighted by molar-refractivity contribution is -0.115. The number of rotatable bonds is 3. The van der Waals surface area contributed by atoms with E-state index in [1.54, 1.807) is 17.1 Å². The Kier molecular flexibility index (Phi) is 3.25. The Bertz CT molecular complexity index is 609. The van der Waals surface area contributed by atoms with Gasteiger partial charge in [0.25, 0.3) is 0 Å². The molecule has 0 aliphatic carbocycles. The van der Waals surface area contributed by atoms with E-state index in [0.29, 0.717) is 6.42 Å². The molecule has 0 bridgehead atoms. The van der Waals surface area contributed by atoms with Crippen molar-refractivity contribution in [3.05, 3.63) is 41.3 Å². The predicted molar refractivity (Wildman–Crippen MR) is 74.8 cm³/mol. The maximum absolute atomic E-state index is 12.0. The highest BCUT2D eigenvalue weighted by Crippen LogP contribution is 2.34. The van der Waals surface area contributed by atoms with Crippen molar-refractivity contribution in [2.75, 3.05) is 5.32 Å². The Morgan fingerprint density at radius 2 is 2.42 bits per heavy atom. The van der Waals surface area contributed by atoms with Crippen LogP contribution in [0.15, 0.2) is 24.5 Å². The van der Waals surface area contributed by atoms with Gasteiger partial charge in [-0.2, -0.15) is 16.9 Å². The average Bonchev–Trinajstić information content (AvgIpc) is 2.94. The third-order valence-corrected chi connectivity index (χ3v) is 4.03. The minimum Gasteiger partial charge on any atom is -0.310 e. The molecule has 0 aromatic carbocycles. The Morgan fingerprint density at radius 1 is 1.53 bits per heavy atom. The van der Waals surface area contributed by atoms with Crippen LogP contribution in [-0.2, 0) is 29.8 Å². The number of nitrogens with one attached hydrogen (secondary N) is 1. The fraction of sp³-hybridized carbons (Fsp3) is 0.308. The third-order valence-electron chi connectivity index (χ3n) is 3.06. The molecular weight excluding hydrogens is 260 g/mol. The van der Waals surface area contributed by atoms with E-state index < -0.39 is 0 Å². The van der Waals surface area contributed by atoms with Crippen LogP contribution in [0.4, 0.5) is 5.82 Å². The van der Waals surface area contributed by atoms with Gasteiger partial charge in [0.1, 0.15) is 5.82 Å². The standard InChI is InChI=1S/C13H14N4OS/c1-17-13(10-7-19-8-11(10)16-17)15-12(18)5-9-3-2-4-14-6-9/h2-4,6H,5,7-8H2,1H3,(H,15,18). The van der Waals surface area contributed by atoms with Gasteiger partial charge in [-0.3, -0.25) is 14.5 Å². The van der Waals surface area contributed by atoms with Crippen molar-refractivity contribution in [3.8, 4) is 0 Å². The van der Waals surface area contributed by atoms with E-state index in [0.717, 1.165) is 34.1 Å². The molecule has 0 saturated carbocycles. The van der Waals surface area contributed by atoms with Gasteiger partial charge >= 0.3 is 0 Å². The molecule has 5 nitrogen and oxygen atoms in total. The first-order valence-corrected chi connectivity index (χ1v) is 7.21. The van der Waals surface area contributed by atoms with E-state index in [2.05, 4.69) is 15.4 Å². The van der Waals surface area contributed by atoms with Crippen LogP contribution in [0.25, 0.3) is 0 Å². The van der Waals surface area contributed by atoms with E-state index in [4.69, 9.17) is 0 Å². The summed E-state index contributed by atoms with van der Waals surface area (Å²) in [6.07, 6.45) is 3.75. The highest BCUT2D eigenvalue weighted by Gasteiger charge is 2.22. The van der Waals surface area contributed by atoms with Crippen LogP contribution < -0.4 is 5.32 Å². The molecule has 2 aromatic heterocycles. The summed E-state index contributed by atoms with van der Waals surface area (Å²) in [4.78, 5) is 16.1. The number of thioether (sulfide) groups is 1. The third kappa shape index (κ3) is 2.49. The summed E-state index contributed by atoms with van der Waals surface area (Å²) in [5.74, 6) is 2.65. The van der Waals surface area contributed by atoms with Gasteiger partial charge in [0.05, 0.1) is 12.1 Å². The zero-order valence-corrected chi connectivity index (χ0v) is 11.4. The molecule has 0 radical (unpaired) electrons. The molecule has 0 unspecified atom stereocenters. The molecule has 3 heterocycles. The zero-order chi connectivity index (χ0) is 13.2. The number of anilines is 1. The summed E-state index contributed by atoms with van der Waals surface area (Å²) in [5, 5.41) is 7.38. The number of amides is 1. The first-order valence-electron chi connectivity index (χ1n) is 6.05. The van der Waals surface area contributed by atoms with Crippen LogP contribution in [0.3, 0.4) is 0 Å². The fourth-order valence-corrected chi connectivity index (χ4v) is 3.20. The van der Waals surface area contributed by atoms with Crippen molar-refractivity contribution < 1.29 is 4.79 Å². The number of aryl methyl sites for hydroxylation is 1. The Balaban J connectivity index is 1.73. The van der Waals surface area contributed by atoms with Gasteiger partial charge in [-0.1, -0.05) is 6.07 Å². The van der Waals surface area contributed by atoms with Crippen LogP contribution in [0, 0.1) is 0 Å². The second-order valence-electron chi connectivity index (χ2n) is 4.48. The number of fused-ring (bicyclic) bond motifs is 1. The molecule has 19 heavy (non-hydrogen) atoms. The van der Waals surface area contributed by atoms with Crippen LogP contribution in [0.1, 0.15) is 16.8 Å². The second kappa shape index (κ2) is 5.05. The molecule has 0 saturated heterocycles. The van der Waals surface area contributed by atoms with E-state index in [1.807, 2.05) is 30.9 Å². The van der Waals surface area contributed by atoms with Gasteiger partial charge < -0.3 is 5.32 Å². The Hall–Kier alpha value is -1.82. The summed E-state index contributed by atoms with van der Waals surface area (Å²) in [6, 6.07) is 3.73. The number of aromatic nitrogens is 3. The Labute approximate surface area is 115 Å². The highest BCUT2D eigenvalue weighted by atomic mass is 32.2. The normalized spacial score (nSPS) is 13.3. The molecule has 98 valence electrons. The fourth-order valence-electron chi connectivity index (χ4n) is 2.16. The number of carbonyl (C=O) groups excluding carboxylic acids is 1. The first-order chi connectivity index (χ1) is 9.24. The average molecular weight is 274 g/mol. The van der Waals surface area contributed by atoms with Crippen molar-refractivity contribution in [1.29, 1.82) is 0 Å². The lowest BCUT2D eigenvalue weighted by atomic mass is 10.2. The topological polar surface area (TPSA) is 59.8 Å². The van der Waals surface area contributed by atoms with Gasteiger partial charge in [-0.15, -0.1) is 0 Å². The second-order valence-corrected chi connectivity index (χ2v) is 5.46. The molecule has 1 aliphatic rings. The van der Waals surface area contributed by atoms with Crippen LogP contribution in [-0.4, -0.2) is 20.7 Å². The van der Waals surface area contributed by atoms with Crippen molar-refractivity contribution in [1.82, 2.24) is 14.8 Å². The van der Waals surface area contributed by atoms with E-state index >= 15 is 0 Å². The zero-order valence-electron chi connectivity index (χ0n) is 10.6. The number of nitrogens with zero attached hydrogens (tertiary/aromatic N) is 3. The van der Waals surface area contributed by atoms with E-state index in [1.165, 1.54) is 0 Å². The van der Waals surface area contributed by atoms with Crippen molar-refractivity contribution >= 4 is 23.5 Å². The summed E-state index contributed by atoms with van der Waals surface area (Å²) in [6.45, 7) is 0. The SMILES string of the molecule is Cn1nc2c(c1NC(=O)Cc1cccnc1)CSC2. The monoisotopic (exact) mass is 274 g/mol. The number of carbonyl (C=O) groups is 1. The molecule has 1 amide bonds. The van der Waals surface area contributed by atoms with E-state index in [9.17, 15) is 4.79 Å². The van der Waals surface area contributed by atoms with Crippen LogP contribution >= 0.6 is 11.8 Å². The Morgan fingerprint density at radius 3 is 3.21 bits per heavy atom. The van der Waals surface area contributed by atoms with Crippen molar-refractivity contribution in [2.24, 2.45) is 7.05 Å². The van der Waals surface area contributed by atoms with Crippen LogP contribution in [0.2, 0.25) is 0 Å². The minimum absolute atomic E-state index is 0.0318. The summed E-state index contributed by atoms with van der Waals surface area (Å²) in [5.41, 5.74) is 3.16. The van der Waals surface area contributed by atoms with Gasteiger partial charge in [-0.05, 0) is 11.6 Å². The first kappa shape index (κ1) is 12.2. The number of hydrogen-bond donors (Lipinski definition) is 1. The molecule has 2 aromatic rings. The predicted octanol–water partition coefficient (Wildman–Crippen LogP) is 1.74. The number of pyridine rings is 1. The van der Waals surface area contributed by atoms with E-state index in [-0.39, 0.29) is 5.91 Å². The molecule has 0 fully saturated rings. The van der Waals surface area contributed by atoms with Crippen molar-refractivity contribution in [3.63, 3.8) is 0 Å². The smallest absolute Gasteiger partial charge is 0.230 e. The maximum Gasteiger partial charge on any atom is 0.230 e. The van der Waals surface area contributed by atoms with Crippen LogP contribution in [0.5, 0.6) is 0 Å². The summed E-state index contributed by atoms with van der Waals surface area (Å²) in [7, 11) is 1.86. The quantitative estimate of drug-likeness (QED) is 0.926. The molecule has 1 N–H and O–H groups in total. The highest BCUT2D eigenvalue weighted by molar-refractivity contribution is 7.98. The molecule has 6 heteroatoms. The van der Waals surface area contributed by atoms with Gasteiger partial charge in [-0.25, -0.2) is 0 Å². The lowest BCUT2D eigenvalue weighted by Crippen LogP contribution is -2.17. The lowest BCUT2D eigenvalue weighted by Gasteiger charge is -2.07.